The van der Waals surface area contributed by atoms with Crippen molar-refractivity contribution in [2.75, 3.05) is 0 Å². The summed E-state index contributed by atoms with van der Waals surface area (Å²) in [6.07, 6.45) is 0.702. The Balaban J connectivity index is 3.07. The van der Waals surface area contributed by atoms with E-state index in [1.165, 1.54) is 0 Å². The van der Waals surface area contributed by atoms with E-state index < -0.39 is 5.97 Å². The third kappa shape index (κ3) is 2.72. The SMILES string of the molecule is Cc1cc(C)c(CCC(=O)O)c(C)c1Cl. The maximum atomic E-state index is 10.5. The Morgan fingerprint density at radius 1 is 1.33 bits per heavy atom. The molecule has 0 fully saturated rings. The summed E-state index contributed by atoms with van der Waals surface area (Å²) in [4.78, 5) is 10.5. The van der Waals surface area contributed by atoms with Crippen molar-refractivity contribution in [3.05, 3.63) is 33.3 Å². The van der Waals surface area contributed by atoms with E-state index in [1.807, 2.05) is 26.8 Å². The molecule has 0 aliphatic rings. The van der Waals surface area contributed by atoms with E-state index in [0.717, 1.165) is 27.3 Å². The molecule has 3 heteroatoms. The van der Waals surface area contributed by atoms with Crippen LogP contribution in [0.5, 0.6) is 0 Å². The van der Waals surface area contributed by atoms with Gasteiger partial charge in [0, 0.05) is 11.4 Å². The number of aliphatic carboxylic acids is 1. The summed E-state index contributed by atoms with van der Waals surface area (Å²) in [5.74, 6) is -0.773. The summed E-state index contributed by atoms with van der Waals surface area (Å²) in [5.41, 5.74) is 4.24. The summed E-state index contributed by atoms with van der Waals surface area (Å²) in [6.45, 7) is 5.90. The van der Waals surface area contributed by atoms with Crippen LogP contribution in [0.4, 0.5) is 0 Å². The van der Waals surface area contributed by atoms with Crippen LogP contribution in [0.1, 0.15) is 28.7 Å². The van der Waals surface area contributed by atoms with Gasteiger partial charge in [-0.2, -0.15) is 0 Å². The van der Waals surface area contributed by atoms with Crippen LogP contribution >= 0.6 is 11.6 Å². The van der Waals surface area contributed by atoms with Gasteiger partial charge in [-0.15, -0.1) is 0 Å². The van der Waals surface area contributed by atoms with Crippen LogP contribution in [-0.4, -0.2) is 11.1 Å². The molecule has 0 radical (unpaired) electrons. The minimum atomic E-state index is -0.773. The largest absolute Gasteiger partial charge is 0.481 e. The molecule has 1 aromatic rings. The Morgan fingerprint density at radius 3 is 2.47 bits per heavy atom. The number of halogens is 1. The number of hydrogen-bond donors (Lipinski definition) is 1. The lowest BCUT2D eigenvalue weighted by molar-refractivity contribution is -0.136. The Hall–Kier alpha value is -1.02. The van der Waals surface area contributed by atoms with Gasteiger partial charge in [-0.3, -0.25) is 4.79 Å². The first-order valence-corrected chi connectivity index (χ1v) is 5.28. The highest BCUT2D eigenvalue weighted by Gasteiger charge is 2.10. The van der Waals surface area contributed by atoms with E-state index in [2.05, 4.69) is 0 Å². The normalized spacial score (nSPS) is 10.4. The molecule has 0 aliphatic heterocycles. The molecule has 0 heterocycles. The monoisotopic (exact) mass is 226 g/mol. The zero-order valence-corrected chi connectivity index (χ0v) is 9.98. The van der Waals surface area contributed by atoms with Gasteiger partial charge in [0.2, 0.25) is 0 Å². The minimum Gasteiger partial charge on any atom is -0.481 e. The molecule has 0 unspecified atom stereocenters. The molecule has 0 spiro atoms. The average molecular weight is 227 g/mol. The molecular formula is C12H15ClO2. The van der Waals surface area contributed by atoms with Crippen LogP contribution in [0.15, 0.2) is 6.07 Å². The van der Waals surface area contributed by atoms with Gasteiger partial charge in [0.25, 0.3) is 0 Å². The molecule has 1 aromatic carbocycles. The van der Waals surface area contributed by atoms with Gasteiger partial charge in [-0.1, -0.05) is 17.7 Å². The van der Waals surface area contributed by atoms with Crippen LogP contribution in [0, 0.1) is 20.8 Å². The predicted octanol–water partition coefficient (Wildman–Crippen LogP) is 3.28. The van der Waals surface area contributed by atoms with Crippen molar-refractivity contribution in [1.29, 1.82) is 0 Å². The summed E-state index contributed by atoms with van der Waals surface area (Å²) in [5, 5.41) is 9.40. The smallest absolute Gasteiger partial charge is 0.303 e. The van der Waals surface area contributed by atoms with Crippen LogP contribution in [0.3, 0.4) is 0 Å². The van der Waals surface area contributed by atoms with E-state index in [4.69, 9.17) is 16.7 Å². The molecule has 0 amide bonds. The van der Waals surface area contributed by atoms with Gasteiger partial charge in [0.15, 0.2) is 0 Å². The molecule has 0 aromatic heterocycles. The molecule has 0 saturated carbocycles. The second-order valence-corrected chi connectivity index (χ2v) is 4.20. The Morgan fingerprint density at radius 2 is 1.93 bits per heavy atom. The Bertz CT molecular complexity index is 397. The quantitative estimate of drug-likeness (QED) is 0.859. The van der Waals surface area contributed by atoms with E-state index in [9.17, 15) is 4.79 Å². The number of carbonyl (C=O) groups is 1. The molecule has 2 nitrogen and oxygen atoms in total. The highest BCUT2D eigenvalue weighted by molar-refractivity contribution is 6.32. The van der Waals surface area contributed by atoms with Crippen LogP contribution in [0.25, 0.3) is 0 Å². The van der Waals surface area contributed by atoms with Gasteiger partial charge in [-0.25, -0.2) is 0 Å². The van der Waals surface area contributed by atoms with Gasteiger partial charge in [0.1, 0.15) is 0 Å². The van der Waals surface area contributed by atoms with Gasteiger partial charge in [-0.05, 0) is 49.4 Å². The molecule has 82 valence electrons. The number of carboxylic acids is 1. The fraction of sp³-hybridized carbons (Fsp3) is 0.417. The fourth-order valence-corrected chi connectivity index (χ4v) is 1.98. The third-order valence-electron chi connectivity index (χ3n) is 2.63. The lowest BCUT2D eigenvalue weighted by Crippen LogP contribution is -2.02. The molecule has 0 bridgehead atoms. The van der Waals surface area contributed by atoms with Crippen molar-refractivity contribution in [3.63, 3.8) is 0 Å². The van der Waals surface area contributed by atoms with Gasteiger partial charge >= 0.3 is 5.97 Å². The van der Waals surface area contributed by atoms with Crippen LogP contribution < -0.4 is 0 Å². The van der Waals surface area contributed by atoms with E-state index >= 15 is 0 Å². The van der Waals surface area contributed by atoms with Crippen molar-refractivity contribution >= 4 is 17.6 Å². The van der Waals surface area contributed by atoms with E-state index in [1.54, 1.807) is 0 Å². The number of benzene rings is 1. The molecule has 1 rings (SSSR count). The lowest BCUT2D eigenvalue weighted by Gasteiger charge is -2.12. The highest BCUT2D eigenvalue weighted by atomic mass is 35.5. The Labute approximate surface area is 94.9 Å². The molecular weight excluding hydrogens is 212 g/mol. The predicted molar refractivity (Wildman–Crippen MR) is 61.6 cm³/mol. The minimum absolute atomic E-state index is 0.154. The van der Waals surface area contributed by atoms with Crippen molar-refractivity contribution in [1.82, 2.24) is 0 Å². The second-order valence-electron chi connectivity index (χ2n) is 3.82. The Kier molecular flexibility index (Phi) is 3.75. The fourth-order valence-electron chi connectivity index (χ4n) is 1.82. The summed E-state index contributed by atoms with van der Waals surface area (Å²) in [7, 11) is 0. The average Bonchev–Trinajstić information content (AvgIpc) is 2.14. The summed E-state index contributed by atoms with van der Waals surface area (Å²) in [6, 6.07) is 2.01. The number of carboxylic acid groups (broad SMARTS) is 1. The maximum absolute atomic E-state index is 10.5. The molecule has 0 atom stereocenters. The summed E-state index contributed by atoms with van der Waals surface area (Å²) >= 11 is 6.12. The van der Waals surface area contributed by atoms with Crippen molar-refractivity contribution < 1.29 is 9.90 Å². The number of aryl methyl sites for hydroxylation is 2. The van der Waals surface area contributed by atoms with Crippen LogP contribution in [0.2, 0.25) is 5.02 Å². The van der Waals surface area contributed by atoms with Gasteiger partial charge in [0.05, 0.1) is 0 Å². The number of hydrogen-bond acceptors (Lipinski definition) is 1. The standard InChI is InChI=1S/C12H15ClO2/c1-7-6-8(2)12(13)9(3)10(7)4-5-11(14)15/h6H,4-5H2,1-3H3,(H,14,15). The maximum Gasteiger partial charge on any atom is 0.303 e. The topological polar surface area (TPSA) is 37.3 Å². The van der Waals surface area contributed by atoms with Crippen molar-refractivity contribution in [2.45, 2.75) is 33.6 Å². The van der Waals surface area contributed by atoms with Gasteiger partial charge < -0.3 is 5.11 Å². The van der Waals surface area contributed by atoms with Crippen molar-refractivity contribution in [2.24, 2.45) is 0 Å². The second kappa shape index (κ2) is 4.67. The first-order valence-electron chi connectivity index (χ1n) is 4.90. The summed E-state index contributed by atoms with van der Waals surface area (Å²) < 4.78 is 0. The van der Waals surface area contributed by atoms with Crippen molar-refractivity contribution in [3.8, 4) is 0 Å². The number of rotatable bonds is 3. The molecule has 0 aliphatic carbocycles. The zero-order valence-electron chi connectivity index (χ0n) is 9.22. The highest BCUT2D eigenvalue weighted by Crippen LogP contribution is 2.27. The molecule has 0 saturated heterocycles. The lowest BCUT2D eigenvalue weighted by atomic mass is 9.96. The van der Waals surface area contributed by atoms with E-state index in [-0.39, 0.29) is 6.42 Å². The zero-order chi connectivity index (χ0) is 11.6. The molecule has 1 N–H and O–H groups in total. The van der Waals surface area contributed by atoms with E-state index in [0.29, 0.717) is 6.42 Å². The first kappa shape index (κ1) is 12.1. The third-order valence-corrected chi connectivity index (χ3v) is 3.21. The molecule has 15 heavy (non-hydrogen) atoms. The van der Waals surface area contributed by atoms with Crippen LogP contribution in [-0.2, 0) is 11.2 Å². The first-order chi connectivity index (χ1) is 6.93.